The Hall–Kier alpha value is -1.91. The fourth-order valence-electron chi connectivity index (χ4n) is 1.07. The van der Waals surface area contributed by atoms with Crippen molar-refractivity contribution >= 4 is 12.0 Å². The second kappa shape index (κ2) is 5.85. The van der Waals surface area contributed by atoms with E-state index in [2.05, 4.69) is 10.2 Å². The molecule has 1 rings (SSSR count). The number of carbonyl (C=O) groups excluding carboxylic acids is 1. The van der Waals surface area contributed by atoms with Crippen LogP contribution in [0.5, 0.6) is 0 Å². The van der Waals surface area contributed by atoms with E-state index in [1.54, 1.807) is 25.3 Å². The van der Waals surface area contributed by atoms with E-state index in [0.717, 1.165) is 0 Å². The summed E-state index contributed by atoms with van der Waals surface area (Å²) in [6.45, 7) is 2.11. The lowest BCUT2D eigenvalue weighted by atomic mass is 10.2. The molecule has 0 fully saturated rings. The van der Waals surface area contributed by atoms with Gasteiger partial charge in [0.15, 0.2) is 0 Å². The quantitative estimate of drug-likeness (QED) is 0.715. The van der Waals surface area contributed by atoms with Gasteiger partial charge in [-0.2, -0.15) is 10.2 Å². The molecule has 0 saturated carbocycles. The summed E-state index contributed by atoms with van der Waals surface area (Å²) in [4.78, 5) is 13.4. The van der Waals surface area contributed by atoms with Crippen LogP contribution in [-0.4, -0.2) is 41.8 Å². The van der Waals surface area contributed by atoms with Gasteiger partial charge in [-0.3, -0.25) is 0 Å². The molecule has 0 aliphatic heterocycles. The van der Waals surface area contributed by atoms with Gasteiger partial charge < -0.3 is 9.64 Å². The Morgan fingerprint density at radius 2 is 2.31 bits per heavy atom. The Morgan fingerprint density at radius 3 is 2.94 bits per heavy atom. The van der Waals surface area contributed by atoms with Gasteiger partial charge in [-0.15, -0.1) is 0 Å². The van der Waals surface area contributed by atoms with E-state index in [-0.39, 0.29) is 5.97 Å². The van der Waals surface area contributed by atoms with Gasteiger partial charge in [0.05, 0.1) is 18.4 Å². The van der Waals surface area contributed by atoms with Crippen LogP contribution in [0.25, 0.3) is 6.08 Å². The van der Waals surface area contributed by atoms with Crippen LogP contribution in [0.1, 0.15) is 23.0 Å². The summed E-state index contributed by atoms with van der Waals surface area (Å²) in [6, 6.07) is 1.60. The molecular weight excluding hydrogens is 206 g/mol. The van der Waals surface area contributed by atoms with Crippen LogP contribution in [-0.2, 0) is 4.74 Å². The Bertz CT molecular complexity index is 389. The van der Waals surface area contributed by atoms with Gasteiger partial charge in [0.1, 0.15) is 5.69 Å². The molecule has 16 heavy (non-hydrogen) atoms. The average molecular weight is 221 g/mol. The summed E-state index contributed by atoms with van der Waals surface area (Å²) in [7, 11) is 3.77. The number of hydrogen-bond donors (Lipinski definition) is 0. The Labute approximate surface area is 94.7 Å². The molecule has 0 aromatic carbocycles. The average Bonchev–Trinajstić information content (AvgIpc) is 2.27. The van der Waals surface area contributed by atoms with Crippen molar-refractivity contribution in [2.45, 2.75) is 6.92 Å². The number of esters is 1. The van der Waals surface area contributed by atoms with Crippen molar-refractivity contribution in [3.8, 4) is 0 Å². The smallest absolute Gasteiger partial charge is 0.340 e. The van der Waals surface area contributed by atoms with Gasteiger partial charge in [-0.25, -0.2) is 4.79 Å². The fourth-order valence-corrected chi connectivity index (χ4v) is 1.07. The van der Waals surface area contributed by atoms with Crippen molar-refractivity contribution in [2.24, 2.45) is 0 Å². The van der Waals surface area contributed by atoms with E-state index in [4.69, 9.17) is 4.74 Å². The SMILES string of the molecule is CCOC(=O)c1ccnnc1/C=C/N(C)C. The highest BCUT2D eigenvalue weighted by molar-refractivity contribution is 5.92. The predicted molar refractivity (Wildman–Crippen MR) is 60.7 cm³/mol. The van der Waals surface area contributed by atoms with Crippen molar-refractivity contribution in [3.05, 3.63) is 29.7 Å². The van der Waals surface area contributed by atoms with Gasteiger partial charge >= 0.3 is 5.97 Å². The zero-order chi connectivity index (χ0) is 12.0. The number of hydrogen-bond acceptors (Lipinski definition) is 5. The van der Waals surface area contributed by atoms with Gasteiger partial charge in [0.25, 0.3) is 0 Å². The minimum Gasteiger partial charge on any atom is -0.462 e. The lowest BCUT2D eigenvalue weighted by Gasteiger charge is -2.05. The van der Waals surface area contributed by atoms with Gasteiger partial charge in [-0.05, 0) is 19.1 Å². The maximum Gasteiger partial charge on any atom is 0.340 e. The highest BCUT2D eigenvalue weighted by Crippen LogP contribution is 2.08. The Balaban J connectivity index is 2.96. The molecule has 0 radical (unpaired) electrons. The largest absolute Gasteiger partial charge is 0.462 e. The molecule has 0 saturated heterocycles. The summed E-state index contributed by atoms with van der Waals surface area (Å²) in [5.74, 6) is -0.379. The zero-order valence-electron chi connectivity index (χ0n) is 9.67. The van der Waals surface area contributed by atoms with Crippen molar-refractivity contribution in [2.75, 3.05) is 20.7 Å². The molecule has 5 heteroatoms. The number of aromatic nitrogens is 2. The third kappa shape index (κ3) is 3.34. The number of rotatable bonds is 4. The molecule has 0 aliphatic carbocycles. The van der Waals surface area contributed by atoms with Crippen LogP contribution in [0.15, 0.2) is 18.5 Å². The summed E-state index contributed by atoms with van der Waals surface area (Å²) >= 11 is 0. The van der Waals surface area contributed by atoms with Gasteiger partial charge in [0, 0.05) is 20.3 Å². The lowest BCUT2D eigenvalue weighted by Crippen LogP contribution is -2.09. The monoisotopic (exact) mass is 221 g/mol. The highest BCUT2D eigenvalue weighted by Gasteiger charge is 2.11. The minimum atomic E-state index is -0.379. The molecule has 1 heterocycles. The second-order valence-corrected chi connectivity index (χ2v) is 3.33. The fraction of sp³-hybridized carbons (Fsp3) is 0.364. The normalized spacial score (nSPS) is 10.4. The summed E-state index contributed by atoms with van der Waals surface area (Å²) in [5.41, 5.74) is 0.935. The molecule has 5 nitrogen and oxygen atoms in total. The van der Waals surface area contributed by atoms with Crippen LogP contribution in [0, 0.1) is 0 Å². The van der Waals surface area contributed by atoms with Crippen molar-refractivity contribution in [3.63, 3.8) is 0 Å². The van der Waals surface area contributed by atoms with Crippen molar-refractivity contribution < 1.29 is 9.53 Å². The van der Waals surface area contributed by atoms with E-state index in [9.17, 15) is 4.79 Å². The summed E-state index contributed by atoms with van der Waals surface area (Å²) < 4.78 is 4.92. The molecule has 0 spiro atoms. The molecule has 0 unspecified atom stereocenters. The Kier molecular flexibility index (Phi) is 4.44. The lowest BCUT2D eigenvalue weighted by molar-refractivity contribution is 0.0525. The molecule has 0 bridgehead atoms. The molecule has 0 aliphatic rings. The first-order valence-electron chi connectivity index (χ1n) is 4.98. The zero-order valence-corrected chi connectivity index (χ0v) is 9.67. The van der Waals surface area contributed by atoms with Gasteiger partial charge in [0.2, 0.25) is 0 Å². The molecule has 1 aromatic rings. The van der Waals surface area contributed by atoms with E-state index >= 15 is 0 Å². The van der Waals surface area contributed by atoms with Crippen LogP contribution in [0.2, 0.25) is 0 Å². The van der Waals surface area contributed by atoms with Crippen molar-refractivity contribution in [1.82, 2.24) is 15.1 Å². The molecule has 1 aromatic heterocycles. The van der Waals surface area contributed by atoms with Crippen LogP contribution >= 0.6 is 0 Å². The number of carbonyl (C=O) groups is 1. The third-order valence-corrected chi connectivity index (χ3v) is 1.78. The molecule has 0 amide bonds. The van der Waals surface area contributed by atoms with Crippen LogP contribution in [0.4, 0.5) is 0 Å². The van der Waals surface area contributed by atoms with Crippen LogP contribution in [0.3, 0.4) is 0 Å². The predicted octanol–water partition coefficient (Wildman–Crippen LogP) is 1.19. The maximum atomic E-state index is 11.6. The van der Waals surface area contributed by atoms with Gasteiger partial charge in [-0.1, -0.05) is 0 Å². The summed E-state index contributed by atoms with van der Waals surface area (Å²) in [6.07, 6.45) is 4.99. The third-order valence-electron chi connectivity index (χ3n) is 1.78. The number of nitrogens with zero attached hydrogens (tertiary/aromatic N) is 3. The molecular formula is C11H15N3O2. The first-order chi connectivity index (χ1) is 7.65. The van der Waals surface area contributed by atoms with E-state index in [1.807, 2.05) is 19.0 Å². The van der Waals surface area contributed by atoms with Crippen LogP contribution < -0.4 is 0 Å². The Morgan fingerprint density at radius 1 is 1.56 bits per heavy atom. The second-order valence-electron chi connectivity index (χ2n) is 3.33. The highest BCUT2D eigenvalue weighted by atomic mass is 16.5. The topological polar surface area (TPSA) is 55.3 Å². The van der Waals surface area contributed by atoms with E-state index < -0.39 is 0 Å². The molecule has 0 N–H and O–H groups in total. The maximum absolute atomic E-state index is 11.6. The van der Waals surface area contributed by atoms with E-state index in [1.165, 1.54) is 6.20 Å². The minimum absolute atomic E-state index is 0.345. The van der Waals surface area contributed by atoms with Crippen molar-refractivity contribution in [1.29, 1.82) is 0 Å². The molecule has 86 valence electrons. The standard InChI is InChI=1S/C11H15N3O2/c1-4-16-11(15)9-5-7-12-13-10(9)6-8-14(2)3/h5-8H,4H2,1-3H3/b8-6+. The first kappa shape index (κ1) is 12.2. The first-order valence-corrected chi connectivity index (χ1v) is 4.98. The summed E-state index contributed by atoms with van der Waals surface area (Å²) in [5, 5.41) is 7.63. The number of ether oxygens (including phenoxy) is 1. The molecule has 0 atom stereocenters. The van der Waals surface area contributed by atoms with E-state index in [0.29, 0.717) is 17.9 Å².